The zero-order chi connectivity index (χ0) is 20.0. The maximum absolute atomic E-state index is 13.4. The molecule has 0 N–H and O–H groups in total. The summed E-state index contributed by atoms with van der Waals surface area (Å²) in [4.78, 5) is 15.5. The molecule has 0 saturated heterocycles. The second-order valence-corrected chi connectivity index (χ2v) is 7.88. The van der Waals surface area contributed by atoms with Crippen molar-refractivity contribution >= 4 is 11.2 Å². The van der Waals surface area contributed by atoms with E-state index >= 15 is 0 Å². The predicted molar refractivity (Wildman–Crippen MR) is 113 cm³/mol. The van der Waals surface area contributed by atoms with Crippen LogP contribution in [0.2, 0.25) is 0 Å². The van der Waals surface area contributed by atoms with Crippen molar-refractivity contribution < 1.29 is 0 Å². The average Bonchev–Trinajstić information content (AvgIpc) is 2.93. The van der Waals surface area contributed by atoms with Gasteiger partial charge in [0, 0.05) is 37.6 Å². The van der Waals surface area contributed by atoms with Gasteiger partial charge in [0.25, 0.3) is 5.56 Å². The first kappa shape index (κ1) is 19.2. The zero-order valence-corrected chi connectivity index (χ0v) is 17.7. The van der Waals surface area contributed by atoms with Crippen LogP contribution in [0.25, 0.3) is 16.9 Å². The van der Waals surface area contributed by atoms with Crippen LogP contribution in [0, 0.1) is 20.8 Å². The highest BCUT2D eigenvalue weighted by Crippen LogP contribution is 2.30. The molecule has 0 spiro atoms. The van der Waals surface area contributed by atoms with E-state index in [4.69, 9.17) is 5.10 Å². The topological polar surface area (TPSA) is 42.5 Å². The Morgan fingerprint density at radius 2 is 1.74 bits per heavy atom. The van der Waals surface area contributed by atoms with E-state index in [0.717, 1.165) is 28.2 Å². The molecule has 1 aromatic carbocycles. The Labute approximate surface area is 161 Å². The highest BCUT2D eigenvalue weighted by Gasteiger charge is 2.20. The molecule has 0 saturated carbocycles. The number of nitrogens with zero attached hydrogens (tertiary/aromatic N) is 4. The molecule has 0 atom stereocenters. The lowest BCUT2D eigenvalue weighted by molar-refractivity contribution is 0.686. The molecule has 0 unspecified atom stereocenters. The van der Waals surface area contributed by atoms with Crippen molar-refractivity contribution in [2.24, 2.45) is 0 Å². The minimum absolute atomic E-state index is 0.0352. The summed E-state index contributed by atoms with van der Waals surface area (Å²) in [6.07, 6.45) is 0. The number of aryl methyl sites for hydroxylation is 3. The van der Waals surface area contributed by atoms with Gasteiger partial charge in [-0.15, -0.1) is 5.10 Å². The fourth-order valence-corrected chi connectivity index (χ4v) is 3.83. The summed E-state index contributed by atoms with van der Waals surface area (Å²) in [5, 5.41) is 4.92. The zero-order valence-electron chi connectivity index (χ0n) is 17.7. The molecule has 5 heteroatoms. The van der Waals surface area contributed by atoms with Crippen LogP contribution in [0.3, 0.4) is 0 Å². The number of hydrogen-bond donors (Lipinski definition) is 0. The van der Waals surface area contributed by atoms with Gasteiger partial charge in [-0.25, -0.2) is 4.52 Å². The van der Waals surface area contributed by atoms with Gasteiger partial charge in [-0.1, -0.05) is 13.8 Å². The summed E-state index contributed by atoms with van der Waals surface area (Å²) in [5.74, 6) is 1.01. The smallest absolute Gasteiger partial charge is 0.278 e. The van der Waals surface area contributed by atoms with Crippen molar-refractivity contribution in [2.75, 3.05) is 19.0 Å². The van der Waals surface area contributed by atoms with Gasteiger partial charge < -0.3 is 4.90 Å². The van der Waals surface area contributed by atoms with E-state index in [0.29, 0.717) is 12.1 Å². The Morgan fingerprint density at radius 1 is 1.07 bits per heavy atom. The second-order valence-electron chi connectivity index (χ2n) is 7.88. The molecule has 0 bridgehead atoms. The van der Waals surface area contributed by atoms with Gasteiger partial charge in [0.05, 0.1) is 0 Å². The monoisotopic (exact) mass is 366 g/mol. The summed E-state index contributed by atoms with van der Waals surface area (Å²) in [6, 6.07) is 6.40. The van der Waals surface area contributed by atoms with E-state index in [1.54, 1.807) is 4.57 Å². The van der Waals surface area contributed by atoms with Gasteiger partial charge in [-0.2, -0.15) is 0 Å². The fraction of sp³-hybridized carbons (Fsp3) is 0.455. The predicted octanol–water partition coefficient (Wildman–Crippen LogP) is 4.30. The van der Waals surface area contributed by atoms with Crippen molar-refractivity contribution in [3.63, 3.8) is 0 Å². The molecule has 144 valence electrons. The Kier molecular flexibility index (Phi) is 4.89. The van der Waals surface area contributed by atoms with Crippen LogP contribution in [0.15, 0.2) is 23.0 Å². The quantitative estimate of drug-likeness (QED) is 0.691. The Morgan fingerprint density at radius 3 is 2.30 bits per heavy atom. The van der Waals surface area contributed by atoms with E-state index in [2.05, 4.69) is 50.8 Å². The Balaban J connectivity index is 2.38. The standard InChI is InChI=1S/C22H30N4O/c1-9-25-21(18-10-15(5)19(24(7)8)11-14(18)4)23-26-16(6)12-17(13(2)3)20(26)22(25)27/h10-13H,9H2,1-8H3. The number of fused-ring (bicyclic) bond motifs is 1. The summed E-state index contributed by atoms with van der Waals surface area (Å²) >= 11 is 0. The number of rotatable bonds is 4. The molecule has 3 rings (SSSR count). The Bertz CT molecular complexity index is 1070. The molecule has 3 aromatic rings. The molecule has 0 aliphatic heterocycles. The Hall–Kier alpha value is -2.56. The minimum atomic E-state index is 0.0352. The molecule has 5 nitrogen and oxygen atoms in total. The van der Waals surface area contributed by atoms with E-state index < -0.39 is 0 Å². The van der Waals surface area contributed by atoms with E-state index in [1.165, 1.54) is 11.3 Å². The van der Waals surface area contributed by atoms with Gasteiger partial charge in [-0.3, -0.25) is 9.36 Å². The molecule has 0 aliphatic carbocycles. The third-order valence-corrected chi connectivity index (χ3v) is 5.29. The van der Waals surface area contributed by atoms with Crippen molar-refractivity contribution in [3.8, 4) is 11.4 Å². The molecule has 0 fully saturated rings. The fourth-order valence-electron chi connectivity index (χ4n) is 3.83. The lowest BCUT2D eigenvalue weighted by atomic mass is 10.0. The summed E-state index contributed by atoms with van der Waals surface area (Å²) in [6.45, 7) is 13.0. The van der Waals surface area contributed by atoms with E-state index in [9.17, 15) is 4.79 Å². The summed E-state index contributed by atoms with van der Waals surface area (Å²) in [7, 11) is 4.09. The normalized spacial score (nSPS) is 11.6. The maximum Gasteiger partial charge on any atom is 0.278 e. The number of anilines is 1. The first-order valence-electron chi connectivity index (χ1n) is 9.59. The highest BCUT2D eigenvalue weighted by molar-refractivity contribution is 5.69. The first-order chi connectivity index (χ1) is 12.7. The number of aromatic nitrogens is 3. The number of benzene rings is 1. The minimum Gasteiger partial charge on any atom is -0.377 e. The van der Waals surface area contributed by atoms with Crippen LogP contribution in [0.4, 0.5) is 5.69 Å². The number of hydrogen-bond acceptors (Lipinski definition) is 3. The van der Waals surface area contributed by atoms with Gasteiger partial charge in [0.2, 0.25) is 0 Å². The molecule has 27 heavy (non-hydrogen) atoms. The van der Waals surface area contributed by atoms with Crippen molar-refractivity contribution in [2.45, 2.75) is 54.0 Å². The van der Waals surface area contributed by atoms with Crippen molar-refractivity contribution in [1.29, 1.82) is 0 Å². The van der Waals surface area contributed by atoms with E-state index in [1.807, 2.05) is 32.5 Å². The highest BCUT2D eigenvalue weighted by atomic mass is 16.1. The van der Waals surface area contributed by atoms with E-state index in [-0.39, 0.29) is 11.5 Å². The van der Waals surface area contributed by atoms with Gasteiger partial charge >= 0.3 is 0 Å². The SMILES string of the molecule is CCn1c(-c2cc(C)c(N(C)C)cc2C)nn2c(C)cc(C(C)C)c2c1=O. The van der Waals surface area contributed by atoms with Crippen LogP contribution >= 0.6 is 0 Å². The van der Waals surface area contributed by atoms with Crippen molar-refractivity contribution in [3.05, 3.63) is 50.9 Å². The van der Waals surface area contributed by atoms with Crippen LogP contribution < -0.4 is 10.5 Å². The van der Waals surface area contributed by atoms with Crippen LogP contribution in [0.1, 0.15) is 49.1 Å². The lowest BCUT2D eigenvalue weighted by Gasteiger charge is -2.20. The molecule has 0 radical (unpaired) electrons. The maximum atomic E-state index is 13.4. The molecule has 0 aliphatic rings. The molecule has 2 aromatic heterocycles. The second kappa shape index (κ2) is 6.87. The first-order valence-corrected chi connectivity index (χ1v) is 9.59. The van der Waals surface area contributed by atoms with Crippen LogP contribution in [-0.4, -0.2) is 28.3 Å². The third-order valence-electron chi connectivity index (χ3n) is 5.29. The molecular weight excluding hydrogens is 336 g/mol. The average molecular weight is 367 g/mol. The summed E-state index contributed by atoms with van der Waals surface area (Å²) in [5.41, 5.74) is 7.28. The lowest BCUT2D eigenvalue weighted by Crippen LogP contribution is -2.26. The van der Waals surface area contributed by atoms with Crippen molar-refractivity contribution in [1.82, 2.24) is 14.2 Å². The largest absolute Gasteiger partial charge is 0.377 e. The summed E-state index contributed by atoms with van der Waals surface area (Å²) < 4.78 is 3.63. The molecular formula is C22H30N4O. The molecule has 0 amide bonds. The van der Waals surface area contributed by atoms with Crippen LogP contribution in [-0.2, 0) is 6.54 Å². The molecule has 2 heterocycles. The van der Waals surface area contributed by atoms with Gasteiger partial charge in [-0.05, 0) is 68.5 Å². The third kappa shape index (κ3) is 3.05. The van der Waals surface area contributed by atoms with Gasteiger partial charge in [0.15, 0.2) is 5.82 Å². The van der Waals surface area contributed by atoms with Crippen LogP contribution in [0.5, 0.6) is 0 Å². The van der Waals surface area contributed by atoms with Gasteiger partial charge in [0.1, 0.15) is 5.52 Å².